The van der Waals surface area contributed by atoms with Gasteiger partial charge in [0.15, 0.2) is 0 Å². The summed E-state index contributed by atoms with van der Waals surface area (Å²) < 4.78 is 0. The van der Waals surface area contributed by atoms with Crippen molar-refractivity contribution in [2.45, 2.75) is 33.1 Å². The van der Waals surface area contributed by atoms with Gasteiger partial charge in [0.05, 0.1) is 6.42 Å². The Bertz CT molecular complexity index is 495. The fourth-order valence-corrected chi connectivity index (χ4v) is 1.95. The van der Waals surface area contributed by atoms with Gasteiger partial charge in [0.1, 0.15) is 0 Å². The molecule has 4 heteroatoms. The summed E-state index contributed by atoms with van der Waals surface area (Å²) in [6.45, 7) is 8.45. The number of para-hydroxylation sites is 1. The first-order valence-corrected chi connectivity index (χ1v) is 7.31. The average Bonchev–Trinajstić information content (AvgIpc) is 2.45. The molecule has 0 radical (unpaired) electrons. The zero-order chi connectivity index (χ0) is 15.7. The van der Waals surface area contributed by atoms with Crippen molar-refractivity contribution in [3.63, 3.8) is 0 Å². The van der Waals surface area contributed by atoms with Gasteiger partial charge in [-0.15, -0.1) is 0 Å². The standard InChI is InChI=1S/C17H24N2O2/c1-4-16(20)19-15-10-6-5-9-14(15)12-17(21)18-11-7-8-13(2)3/h4-6,9-10,13H,1,7-8,11-12H2,2-3H3,(H,18,21)(H,19,20). The van der Waals surface area contributed by atoms with Gasteiger partial charge < -0.3 is 10.6 Å². The largest absolute Gasteiger partial charge is 0.356 e. The van der Waals surface area contributed by atoms with Crippen molar-refractivity contribution in [2.75, 3.05) is 11.9 Å². The van der Waals surface area contributed by atoms with E-state index in [0.29, 0.717) is 18.2 Å². The van der Waals surface area contributed by atoms with Crippen LogP contribution in [0, 0.1) is 5.92 Å². The normalized spacial score (nSPS) is 10.2. The van der Waals surface area contributed by atoms with Crippen molar-refractivity contribution >= 4 is 17.5 Å². The van der Waals surface area contributed by atoms with Crippen molar-refractivity contribution < 1.29 is 9.59 Å². The fraction of sp³-hybridized carbons (Fsp3) is 0.412. The second-order valence-corrected chi connectivity index (χ2v) is 5.41. The number of amides is 2. The molecule has 0 saturated carbocycles. The van der Waals surface area contributed by atoms with Crippen LogP contribution >= 0.6 is 0 Å². The molecule has 2 N–H and O–H groups in total. The highest BCUT2D eigenvalue weighted by Crippen LogP contribution is 2.15. The van der Waals surface area contributed by atoms with Gasteiger partial charge in [-0.2, -0.15) is 0 Å². The van der Waals surface area contributed by atoms with E-state index in [1.54, 1.807) is 6.07 Å². The van der Waals surface area contributed by atoms with Crippen molar-refractivity contribution in [1.82, 2.24) is 5.32 Å². The lowest BCUT2D eigenvalue weighted by Crippen LogP contribution is -2.26. The van der Waals surface area contributed by atoms with Crippen LogP contribution in [-0.4, -0.2) is 18.4 Å². The number of carbonyl (C=O) groups is 2. The van der Waals surface area contributed by atoms with Gasteiger partial charge >= 0.3 is 0 Å². The molecule has 0 spiro atoms. The van der Waals surface area contributed by atoms with Gasteiger partial charge in [0.25, 0.3) is 0 Å². The Hall–Kier alpha value is -2.10. The maximum atomic E-state index is 11.9. The molecule has 0 atom stereocenters. The highest BCUT2D eigenvalue weighted by Gasteiger charge is 2.08. The zero-order valence-corrected chi connectivity index (χ0v) is 12.8. The van der Waals surface area contributed by atoms with Crippen LogP contribution < -0.4 is 10.6 Å². The molecule has 0 aliphatic rings. The molecule has 0 aliphatic carbocycles. The molecule has 2 amide bonds. The first-order valence-electron chi connectivity index (χ1n) is 7.31. The van der Waals surface area contributed by atoms with Crippen molar-refractivity contribution in [3.05, 3.63) is 42.5 Å². The van der Waals surface area contributed by atoms with E-state index in [9.17, 15) is 9.59 Å². The second kappa shape index (κ2) is 8.95. The molecule has 0 unspecified atom stereocenters. The summed E-state index contributed by atoms with van der Waals surface area (Å²) in [5.41, 5.74) is 1.45. The van der Waals surface area contributed by atoms with Crippen molar-refractivity contribution in [1.29, 1.82) is 0 Å². The van der Waals surface area contributed by atoms with Crippen LogP contribution in [-0.2, 0) is 16.0 Å². The Balaban J connectivity index is 2.51. The summed E-state index contributed by atoms with van der Waals surface area (Å²) in [6.07, 6.45) is 3.56. The molecule has 0 aromatic heterocycles. The summed E-state index contributed by atoms with van der Waals surface area (Å²) in [4.78, 5) is 23.3. The maximum Gasteiger partial charge on any atom is 0.247 e. The highest BCUT2D eigenvalue weighted by molar-refractivity contribution is 5.99. The van der Waals surface area contributed by atoms with Crippen LogP contribution in [0.3, 0.4) is 0 Å². The lowest BCUT2D eigenvalue weighted by atomic mass is 10.1. The molecule has 1 aromatic carbocycles. The minimum Gasteiger partial charge on any atom is -0.356 e. The first-order chi connectivity index (χ1) is 10.0. The summed E-state index contributed by atoms with van der Waals surface area (Å²) in [5.74, 6) is 0.343. The van der Waals surface area contributed by atoms with E-state index in [4.69, 9.17) is 0 Å². The predicted molar refractivity (Wildman–Crippen MR) is 86.1 cm³/mol. The minimum absolute atomic E-state index is 0.0286. The van der Waals surface area contributed by atoms with E-state index in [1.807, 2.05) is 18.2 Å². The molecule has 0 bridgehead atoms. The summed E-state index contributed by atoms with van der Waals surface area (Å²) in [7, 11) is 0. The Morgan fingerprint density at radius 2 is 2.00 bits per heavy atom. The fourth-order valence-electron chi connectivity index (χ4n) is 1.95. The molecule has 0 aliphatic heterocycles. The predicted octanol–water partition coefficient (Wildman–Crippen LogP) is 2.91. The van der Waals surface area contributed by atoms with Gasteiger partial charge in [-0.05, 0) is 36.5 Å². The molecule has 0 fully saturated rings. The molecule has 0 saturated heterocycles. The smallest absolute Gasteiger partial charge is 0.247 e. The van der Waals surface area contributed by atoms with E-state index >= 15 is 0 Å². The molecule has 0 heterocycles. The molecule has 4 nitrogen and oxygen atoms in total. The van der Waals surface area contributed by atoms with Crippen LogP contribution in [0.25, 0.3) is 0 Å². The number of hydrogen-bond donors (Lipinski definition) is 2. The zero-order valence-electron chi connectivity index (χ0n) is 12.8. The number of nitrogens with one attached hydrogen (secondary N) is 2. The Morgan fingerprint density at radius 1 is 1.29 bits per heavy atom. The van der Waals surface area contributed by atoms with E-state index in [1.165, 1.54) is 6.08 Å². The van der Waals surface area contributed by atoms with E-state index in [2.05, 4.69) is 31.1 Å². The SMILES string of the molecule is C=CC(=O)Nc1ccccc1CC(=O)NCCCC(C)C. The molecule has 1 aromatic rings. The summed E-state index contributed by atoms with van der Waals surface area (Å²) in [5, 5.41) is 5.62. The Kier molecular flexibility index (Phi) is 7.23. The lowest BCUT2D eigenvalue weighted by Gasteiger charge is -2.10. The van der Waals surface area contributed by atoms with E-state index in [-0.39, 0.29) is 18.2 Å². The van der Waals surface area contributed by atoms with Gasteiger partial charge in [0, 0.05) is 12.2 Å². The van der Waals surface area contributed by atoms with E-state index < -0.39 is 0 Å². The van der Waals surface area contributed by atoms with Gasteiger partial charge in [-0.3, -0.25) is 9.59 Å². The number of rotatable bonds is 8. The third kappa shape index (κ3) is 6.75. The van der Waals surface area contributed by atoms with Crippen molar-refractivity contribution in [2.24, 2.45) is 5.92 Å². The summed E-state index contributed by atoms with van der Waals surface area (Å²) >= 11 is 0. The van der Waals surface area contributed by atoms with Gasteiger partial charge in [-0.25, -0.2) is 0 Å². The van der Waals surface area contributed by atoms with Crippen molar-refractivity contribution in [3.8, 4) is 0 Å². The van der Waals surface area contributed by atoms with Crippen LogP contribution in [0.4, 0.5) is 5.69 Å². The second-order valence-electron chi connectivity index (χ2n) is 5.41. The Morgan fingerprint density at radius 3 is 2.67 bits per heavy atom. The van der Waals surface area contributed by atoms with E-state index in [0.717, 1.165) is 18.4 Å². The summed E-state index contributed by atoms with van der Waals surface area (Å²) in [6, 6.07) is 7.29. The number of anilines is 1. The third-order valence-electron chi connectivity index (χ3n) is 3.09. The van der Waals surface area contributed by atoms with Gasteiger partial charge in [0.2, 0.25) is 11.8 Å². The number of benzene rings is 1. The quantitative estimate of drug-likeness (QED) is 0.571. The molecule has 114 valence electrons. The molecule has 1 rings (SSSR count). The maximum absolute atomic E-state index is 11.9. The van der Waals surface area contributed by atoms with Crippen LogP contribution in [0.5, 0.6) is 0 Å². The molecule has 21 heavy (non-hydrogen) atoms. The lowest BCUT2D eigenvalue weighted by molar-refractivity contribution is -0.120. The van der Waals surface area contributed by atoms with Gasteiger partial charge in [-0.1, -0.05) is 38.6 Å². The van der Waals surface area contributed by atoms with Crippen LogP contribution in [0.2, 0.25) is 0 Å². The first kappa shape index (κ1) is 17.0. The third-order valence-corrected chi connectivity index (χ3v) is 3.09. The molecular formula is C17H24N2O2. The highest BCUT2D eigenvalue weighted by atomic mass is 16.2. The van der Waals surface area contributed by atoms with Crippen LogP contribution in [0.15, 0.2) is 36.9 Å². The molecular weight excluding hydrogens is 264 g/mol. The average molecular weight is 288 g/mol. The Labute approximate surface area is 126 Å². The monoisotopic (exact) mass is 288 g/mol. The number of carbonyl (C=O) groups excluding carboxylic acids is 2. The number of hydrogen-bond acceptors (Lipinski definition) is 2. The minimum atomic E-state index is -0.278. The topological polar surface area (TPSA) is 58.2 Å². The van der Waals surface area contributed by atoms with Crippen LogP contribution in [0.1, 0.15) is 32.3 Å².